The summed E-state index contributed by atoms with van der Waals surface area (Å²) >= 11 is 5.76. The molecule has 1 rings (SSSR count). The number of nitro groups is 1. The average molecular weight is 301 g/mol. The lowest BCUT2D eigenvalue weighted by atomic mass is 10.2. The lowest BCUT2D eigenvalue weighted by Crippen LogP contribution is -2.17. The Kier molecular flexibility index (Phi) is 7.51. The van der Waals surface area contributed by atoms with Crippen LogP contribution in [0.4, 0.5) is 5.69 Å². The second kappa shape index (κ2) is 8.89. The highest BCUT2D eigenvalue weighted by Crippen LogP contribution is 2.24. The summed E-state index contributed by atoms with van der Waals surface area (Å²) in [5.74, 6) is 0.553. The van der Waals surface area contributed by atoms with E-state index >= 15 is 0 Å². The number of benzene rings is 1. The van der Waals surface area contributed by atoms with Crippen molar-refractivity contribution in [2.75, 3.05) is 19.8 Å². The maximum Gasteiger partial charge on any atom is 0.288 e. The van der Waals surface area contributed by atoms with Gasteiger partial charge in [0.15, 0.2) is 0 Å². The topological polar surface area (TPSA) is 64.4 Å². The van der Waals surface area contributed by atoms with E-state index < -0.39 is 4.92 Å². The summed E-state index contributed by atoms with van der Waals surface area (Å²) < 4.78 is 5.47. The molecule has 0 aliphatic rings. The Labute approximate surface area is 124 Å². The molecular formula is C14H21ClN2O3. The predicted molar refractivity (Wildman–Crippen MR) is 80.1 cm³/mol. The summed E-state index contributed by atoms with van der Waals surface area (Å²) in [6, 6.07) is 4.85. The molecule has 1 N–H and O–H groups in total. The van der Waals surface area contributed by atoms with Crippen LogP contribution < -0.4 is 5.32 Å². The highest BCUT2D eigenvalue weighted by atomic mass is 35.5. The van der Waals surface area contributed by atoms with Crippen LogP contribution in [0.25, 0.3) is 0 Å². The number of halogens is 1. The number of nitrogens with one attached hydrogen (secondary N) is 1. The Hall–Kier alpha value is -1.17. The molecule has 6 heteroatoms. The summed E-state index contributed by atoms with van der Waals surface area (Å²) in [6.45, 7) is 7.14. The first-order chi connectivity index (χ1) is 9.50. The van der Waals surface area contributed by atoms with Gasteiger partial charge in [-0.15, -0.1) is 0 Å². The number of rotatable bonds is 9. The molecule has 0 aromatic heterocycles. The van der Waals surface area contributed by atoms with Crippen molar-refractivity contribution in [3.8, 4) is 0 Å². The molecule has 0 bridgehead atoms. The maximum absolute atomic E-state index is 10.8. The molecule has 5 nitrogen and oxygen atoms in total. The third kappa shape index (κ3) is 6.32. The standard InChI is InChI=1S/C14H21ClN2O3/c1-11(2)10-20-7-3-6-16-9-12-4-5-13(15)14(8-12)17(18)19/h4-5,8,11,16H,3,6-7,9-10H2,1-2H3. The Morgan fingerprint density at radius 1 is 1.45 bits per heavy atom. The van der Waals surface area contributed by atoms with Crippen LogP contribution in [0.5, 0.6) is 0 Å². The maximum atomic E-state index is 10.8. The highest BCUT2D eigenvalue weighted by Gasteiger charge is 2.12. The van der Waals surface area contributed by atoms with E-state index in [1.54, 1.807) is 12.1 Å². The molecule has 0 amide bonds. The molecular weight excluding hydrogens is 280 g/mol. The van der Waals surface area contributed by atoms with Gasteiger partial charge in [0.2, 0.25) is 0 Å². The fourth-order valence-corrected chi connectivity index (χ4v) is 1.85. The van der Waals surface area contributed by atoms with Gasteiger partial charge in [-0.05, 0) is 30.5 Å². The van der Waals surface area contributed by atoms with E-state index in [0.29, 0.717) is 12.5 Å². The third-order valence-electron chi connectivity index (χ3n) is 2.63. The Morgan fingerprint density at radius 3 is 2.85 bits per heavy atom. The highest BCUT2D eigenvalue weighted by molar-refractivity contribution is 6.32. The smallest absolute Gasteiger partial charge is 0.288 e. The van der Waals surface area contributed by atoms with Crippen molar-refractivity contribution in [1.29, 1.82) is 0 Å². The van der Waals surface area contributed by atoms with Crippen molar-refractivity contribution in [1.82, 2.24) is 5.32 Å². The molecule has 0 spiro atoms. The molecule has 0 saturated heterocycles. The van der Waals surface area contributed by atoms with Crippen molar-refractivity contribution in [2.45, 2.75) is 26.8 Å². The minimum atomic E-state index is -0.467. The zero-order valence-corrected chi connectivity index (χ0v) is 12.7. The van der Waals surface area contributed by atoms with E-state index in [2.05, 4.69) is 19.2 Å². The van der Waals surface area contributed by atoms with Gasteiger partial charge >= 0.3 is 0 Å². The fraction of sp³-hybridized carbons (Fsp3) is 0.571. The van der Waals surface area contributed by atoms with E-state index in [4.69, 9.17) is 16.3 Å². The Bertz CT molecular complexity index is 438. The number of hydrogen-bond donors (Lipinski definition) is 1. The molecule has 0 aliphatic heterocycles. The van der Waals surface area contributed by atoms with E-state index in [0.717, 1.165) is 31.7 Å². The predicted octanol–water partition coefficient (Wildman–Crippen LogP) is 3.40. The molecule has 20 heavy (non-hydrogen) atoms. The lowest BCUT2D eigenvalue weighted by molar-refractivity contribution is -0.384. The zero-order chi connectivity index (χ0) is 15.0. The second-order valence-electron chi connectivity index (χ2n) is 5.04. The van der Waals surface area contributed by atoms with Gasteiger partial charge in [-0.2, -0.15) is 0 Å². The van der Waals surface area contributed by atoms with Gasteiger partial charge in [0.25, 0.3) is 5.69 Å². The van der Waals surface area contributed by atoms with Crippen molar-refractivity contribution < 1.29 is 9.66 Å². The second-order valence-corrected chi connectivity index (χ2v) is 5.45. The largest absolute Gasteiger partial charge is 0.381 e. The molecule has 1 aromatic carbocycles. The van der Waals surface area contributed by atoms with E-state index in [1.807, 2.05) is 0 Å². The van der Waals surface area contributed by atoms with Gasteiger partial charge < -0.3 is 10.1 Å². The van der Waals surface area contributed by atoms with Gasteiger partial charge in [0, 0.05) is 25.8 Å². The average Bonchev–Trinajstić information content (AvgIpc) is 2.38. The quantitative estimate of drug-likeness (QED) is 0.431. The van der Waals surface area contributed by atoms with Gasteiger partial charge in [-0.25, -0.2) is 0 Å². The molecule has 0 unspecified atom stereocenters. The van der Waals surface area contributed by atoms with Crippen LogP contribution in [0, 0.1) is 16.0 Å². The molecule has 112 valence electrons. The van der Waals surface area contributed by atoms with Gasteiger partial charge in [-0.3, -0.25) is 10.1 Å². The summed E-state index contributed by atoms with van der Waals surface area (Å²) in [7, 11) is 0. The number of ether oxygens (including phenoxy) is 1. The van der Waals surface area contributed by atoms with Crippen molar-refractivity contribution in [2.24, 2.45) is 5.92 Å². The van der Waals surface area contributed by atoms with Crippen molar-refractivity contribution in [3.63, 3.8) is 0 Å². The van der Waals surface area contributed by atoms with Crippen LogP contribution >= 0.6 is 11.6 Å². The van der Waals surface area contributed by atoms with Gasteiger partial charge in [0.1, 0.15) is 5.02 Å². The first-order valence-electron chi connectivity index (χ1n) is 6.72. The van der Waals surface area contributed by atoms with Gasteiger partial charge in [0.05, 0.1) is 4.92 Å². The van der Waals surface area contributed by atoms with Crippen LogP contribution in [0.15, 0.2) is 18.2 Å². The lowest BCUT2D eigenvalue weighted by Gasteiger charge is -2.08. The number of hydrogen-bond acceptors (Lipinski definition) is 4. The first kappa shape index (κ1) is 16.9. The minimum absolute atomic E-state index is 0.0498. The zero-order valence-electron chi connectivity index (χ0n) is 11.9. The van der Waals surface area contributed by atoms with Crippen LogP contribution in [0.2, 0.25) is 5.02 Å². The van der Waals surface area contributed by atoms with Crippen LogP contribution in [0.3, 0.4) is 0 Å². The molecule has 0 aliphatic carbocycles. The van der Waals surface area contributed by atoms with Crippen LogP contribution in [-0.4, -0.2) is 24.7 Å². The molecule has 0 heterocycles. The van der Waals surface area contributed by atoms with Crippen molar-refractivity contribution >= 4 is 17.3 Å². The van der Waals surface area contributed by atoms with Crippen LogP contribution in [-0.2, 0) is 11.3 Å². The fourth-order valence-electron chi connectivity index (χ4n) is 1.66. The van der Waals surface area contributed by atoms with Crippen LogP contribution in [0.1, 0.15) is 25.8 Å². The first-order valence-corrected chi connectivity index (χ1v) is 7.09. The molecule has 0 fully saturated rings. The molecule has 1 aromatic rings. The SMILES string of the molecule is CC(C)COCCCNCc1ccc(Cl)c([N+](=O)[O-])c1. The normalized spacial score (nSPS) is 11.0. The summed E-state index contributed by atoms with van der Waals surface area (Å²) in [4.78, 5) is 10.3. The van der Waals surface area contributed by atoms with Crippen molar-refractivity contribution in [3.05, 3.63) is 38.9 Å². The molecule has 0 saturated carbocycles. The third-order valence-corrected chi connectivity index (χ3v) is 2.95. The molecule has 0 atom stereocenters. The minimum Gasteiger partial charge on any atom is -0.381 e. The number of nitrogens with zero attached hydrogens (tertiary/aromatic N) is 1. The Balaban J connectivity index is 2.25. The monoisotopic (exact) mass is 300 g/mol. The van der Waals surface area contributed by atoms with E-state index in [-0.39, 0.29) is 10.7 Å². The summed E-state index contributed by atoms with van der Waals surface area (Å²) in [5.41, 5.74) is 0.801. The van der Waals surface area contributed by atoms with E-state index in [1.165, 1.54) is 6.07 Å². The van der Waals surface area contributed by atoms with Gasteiger partial charge in [-0.1, -0.05) is 31.5 Å². The number of nitro benzene ring substituents is 1. The Morgan fingerprint density at radius 2 is 2.20 bits per heavy atom. The summed E-state index contributed by atoms with van der Waals surface area (Å²) in [6.07, 6.45) is 0.919. The summed E-state index contributed by atoms with van der Waals surface area (Å²) in [5, 5.41) is 14.2. The molecule has 0 radical (unpaired) electrons. The van der Waals surface area contributed by atoms with E-state index in [9.17, 15) is 10.1 Å².